The summed E-state index contributed by atoms with van der Waals surface area (Å²) in [5, 5.41) is 7.59. The third-order valence-electron chi connectivity index (χ3n) is 6.28. The lowest BCUT2D eigenvalue weighted by Crippen LogP contribution is -2.31. The SMILES string of the molecule is CCCCOc1ccc(C2c3c(-c4ccc(C)cc4)n[nH]c3C(=O)N2CCCOC)cc1OCC. The number of hydrogen-bond acceptors (Lipinski definition) is 5. The van der Waals surface area contributed by atoms with Crippen LogP contribution in [0.25, 0.3) is 11.3 Å². The van der Waals surface area contributed by atoms with Crippen LogP contribution in [0.3, 0.4) is 0 Å². The molecule has 2 heterocycles. The van der Waals surface area contributed by atoms with Crippen LogP contribution in [-0.4, -0.2) is 54.5 Å². The summed E-state index contributed by atoms with van der Waals surface area (Å²) in [5.74, 6) is 1.37. The molecular weight excluding hydrogens is 442 g/mol. The molecule has 186 valence electrons. The van der Waals surface area contributed by atoms with Gasteiger partial charge in [-0.15, -0.1) is 0 Å². The van der Waals surface area contributed by atoms with Gasteiger partial charge in [-0.1, -0.05) is 49.2 Å². The highest BCUT2D eigenvalue weighted by Gasteiger charge is 2.42. The summed E-state index contributed by atoms with van der Waals surface area (Å²) in [6, 6.07) is 13.9. The summed E-state index contributed by atoms with van der Waals surface area (Å²) < 4.78 is 17.2. The minimum atomic E-state index is -0.284. The maximum absolute atomic E-state index is 13.5. The van der Waals surface area contributed by atoms with E-state index in [1.165, 1.54) is 5.56 Å². The molecule has 1 aromatic heterocycles. The van der Waals surface area contributed by atoms with Crippen LogP contribution in [0.1, 0.15) is 66.3 Å². The van der Waals surface area contributed by atoms with Gasteiger partial charge in [0.15, 0.2) is 11.5 Å². The van der Waals surface area contributed by atoms with Gasteiger partial charge in [0.2, 0.25) is 0 Å². The molecule has 2 aromatic carbocycles. The minimum absolute atomic E-state index is 0.0480. The molecule has 0 fully saturated rings. The Morgan fingerprint density at radius 2 is 1.80 bits per heavy atom. The second-order valence-electron chi connectivity index (χ2n) is 8.82. The average molecular weight is 478 g/mol. The van der Waals surface area contributed by atoms with Crippen molar-refractivity contribution in [3.8, 4) is 22.8 Å². The van der Waals surface area contributed by atoms with Crippen molar-refractivity contribution in [2.45, 2.75) is 46.1 Å². The molecule has 1 aliphatic rings. The Hall–Kier alpha value is -3.32. The maximum atomic E-state index is 13.5. The van der Waals surface area contributed by atoms with Crippen LogP contribution in [-0.2, 0) is 4.74 Å². The number of unbranched alkanes of at least 4 members (excludes halogenated alkanes) is 1. The predicted octanol–water partition coefficient (Wildman–Crippen LogP) is 5.54. The number of carbonyl (C=O) groups is 1. The van der Waals surface area contributed by atoms with Gasteiger partial charge < -0.3 is 19.1 Å². The number of benzene rings is 2. The van der Waals surface area contributed by atoms with Gasteiger partial charge >= 0.3 is 0 Å². The second kappa shape index (κ2) is 11.4. The molecule has 35 heavy (non-hydrogen) atoms. The van der Waals surface area contributed by atoms with E-state index in [-0.39, 0.29) is 11.9 Å². The number of H-pyrrole nitrogens is 1. The summed E-state index contributed by atoms with van der Waals surface area (Å²) in [6.07, 6.45) is 2.79. The van der Waals surface area contributed by atoms with Crippen molar-refractivity contribution in [3.63, 3.8) is 0 Å². The normalized spacial score (nSPS) is 14.9. The molecule has 0 saturated heterocycles. The number of nitrogens with one attached hydrogen (secondary N) is 1. The lowest BCUT2D eigenvalue weighted by atomic mass is 9.95. The molecule has 7 nitrogen and oxygen atoms in total. The number of aromatic amines is 1. The Bertz CT molecular complexity index is 1140. The second-order valence-corrected chi connectivity index (χ2v) is 8.82. The summed E-state index contributed by atoms with van der Waals surface area (Å²) in [7, 11) is 1.68. The van der Waals surface area contributed by atoms with E-state index in [2.05, 4.69) is 48.3 Å². The first-order chi connectivity index (χ1) is 17.1. The highest BCUT2D eigenvalue weighted by molar-refractivity contribution is 6.00. The van der Waals surface area contributed by atoms with Crippen molar-refractivity contribution in [2.75, 3.05) is 33.5 Å². The van der Waals surface area contributed by atoms with Crippen LogP contribution in [0.15, 0.2) is 42.5 Å². The summed E-state index contributed by atoms with van der Waals surface area (Å²) in [5.41, 5.74) is 5.37. The highest BCUT2D eigenvalue weighted by Crippen LogP contribution is 2.44. The smallest absolute Gasteiger partial charge is 0.273 e. The van der Waals surface area contributed by atoms with Gasteiger partial charge in [0.05, 0.1) is 24.9 Å². The molecule has 0 radical (unpaired) electrons. The molecule has 1 atom stereocenters. The molecule has 1 N–H and O–H groups in total. The number of hydrogen-bond donors (Lipinski definition) is 1. The number of aromatic nitrogens is 2. The van der Waals surface area contributed by atoms with Crippen LogP contribution in [0.5, 0.6) is 11.5 Å². The zero-order chi connectivity index (χ0) is 24.8. The van der Waals surface area contributed by atoms with Crippen molar-refractivity contribution >= 4 is 5.91 Å². The van der Waals surface area contributed by atoms with Gasteiger partial charge in [0.25, 0.3) is 5.91 Å². The zero-order valence-corrected chi connectivity index (χ0v) is 21.1. The average Bonchev–Trinajstić information content (AvgIpc) is 3.40. The third kappa shape index (κ3) is 5.20. The van der Waals surface area contributed by atoms with Crippen LogP contribution < -0.4 is 9.47 Å². The molecule has 1 unspecified atom stereocenters. The predicted molar refractivity (Wildman–Crippen MR) is 136 cm³/mol. The first-order valence-electron chi connectivity index (χ1n) is 12.4. The third-order valence-corrected chi connectivity index (χ3v) is 6.28. The molecule has 1 aliphatic heterocycles. The van der Waals surface area contributed by atoms with Crippen molar-refractivity contribution in [2.24, 2.45) is 0 Å². The van der Waals surface area contributed by atoms with Gasteiger partial charge in [-0.25, -0.2) is 0 Å². The van der Waals surface area contributed by atoms with E-state index >= 15 is 0 Å². The van der Waals surface area contributed by atoms with E-state index in [1.54, 1.807) is 7.11 Å². The fourth-order valence-electron chi connectivity index (χ4n) is 4.49. The van der Waals surface area contributed by atoms with Crippen molar-refractivity contribution in [1.29, 1.82) is 0 Å². The number of aryl methyl sites for hydroxylation is 1. The molecule has 0 aliphatic carbocycles. The Kier molecular flexibility index (Phi) is 8.08. The standard InChI is InChI=1S/C28H35N3O4/c1-5-7-17-35-22-14-13-21(18-23(22)34-6-2)27-24-25(20-11-9-19(3)10-12-20)29-30-26(24)28(32)31(27)15-8-16-33-4/h9-14,18,27H,5-8,15-17H2,1-4H3,(H,29,30). The topological polar surface area (TPSA) is 76.7 Å². The fraction of sp³-hybridized carbons (Fsp3) is 0.429. The highest BCUT2D eigenvalue weighted by atomic mass is 16.5. The lowest BCUT2D eigenvalue weighted by molar-refractivity contribution is 0.0723. The fourth-order valence-corrected chi connectivity index (χ4v) is 4.49. The molecule has 0 bridgehead atoms. The van der Waals surface area contributed by atoms with Gasteiger partial charge in [-0.05, 0) is 44.4 Å². The Morgan fingerprint density at radius 1 is 1.00 bits per heavy atom. The van der Waals surface area contributed by atoms with Gasteiger partial charge in [-0.2, -0.15) is 5.10 Å². The first kappa shape index (κ1) is 24.8. The number of methoxy groups -OCH3 is 1. The monoisotopic (exact) mass is 477 g/mol. The molecule has 7 heteroatoms. The van der Waals surface area contributed by atoms with E-state index in [0.29, 0.717) is 37.8 Å². The molecule has 1 amide bonds. The number of nitrogens with zero attached hydrogens (tertiary/aromatic N) is 2. The Morgan fingerprint density at radius 3 is 2.51 bits per heavy atom. The minimum Gasteiger partial charge on any atom is -0.490 e. The van der Waals surface area contributed by atoms with Crippen molar-refractivity contribution in [3.05, 3.63) is 64.8 Å². The van der Waals surface area contributed by atoms with Crippen LogP contribution in [0, 0.1) is 6.92 Å². The van der Waals surface area contributed by atoms with Gasteiger partial charge in [0.1, 0.15) is 5.69 Å². The number of rotatable bonds is 12. The number of ether oxygens (including phenoxy) is 3. The van der Waals surface area contributed by atoms with E-state index in [1.807, 2.05) is 30.0 Å². The molecule has 3 aromatic rings. The number of amides is 1. The molecular formula is C28H35N3O4. The lowest BCUT2D eigenvalue weighted by Gasteiger charge is -2.27. The van der Waals surface area contributed by atoms with Crippen molar-refractivity contribution in [1.82, 2.24) is 15.1 Å². The first-order valence-corrected chi connectivity index (χ1v) is 12.4. The number of carbonyl (C=O) groups excluding carboxylic acids is 1. The van der Waals surface area contributed by atoms with Gasteiger partial charge in [0, 0.05) is 31.4 Å². The largest absolute Gasteiger partial charge is 0.490 e. The zero-order valence-electron chi connectivity index (χ0n) is 21.1. The summed E-state index contributed by atoms with van der Waals surface area (Å²) in [4.78, 5) is 15.4. The number of fused-ring (bicyclic) bond motifs is 1. The van der Waals surface area contributed by atoms with Gasteiger partial charge in [-0.3, -0.25) is 9.89 Å². The van der Waals surface area contributed by atoms with E-state index < -0.39 is 0 Å². The van der Waals surface area contributed by atoms with Crippen LogP contribution in [0.2, 0.25) is 0 Å². The van der Waals surface area contributed by atoms with E-state index in [9.17, 15) is 4.79 Å². The Balaban J connectivity index is 1.77. The summed E-state index contributed by atoms with van der Waals surface area (Å²) in [6.45, 7) is 8.49. The molecule has 0 saturated carbocycles. The Labute approximate surface area is 207 Å². The van der Waals surface area contributed by atoms with E-state index in [0.717, 1.165) is 47.4 Å². The summed E-state index contributed by atoms with van der Waals surface area (Å²) >= 11 is 0. The molecule has 4 rings (SSSR count). The van der Waals surface area contributed by atoms with Crippen LogP contribution >= 0.6 is 0 Å². The van der Waals surface area contributed by atoms with Crippen LogP contribution in [0.4, 0.5) is 0 Å². The maximum Gasteiger partial charge on any atom is 0.273 e. The quantitative estimate of drug-likeness (QED) is 0.346. The van der Waals surface area contributed by atoms with E-state index in [4.69, 9.17) is 14.2 Å². The molecule has 0 spiro atoms. The van der Waals surface area contributed by atoms with Crippen molar-refractivity contribution < 1.29 is 19.0 Å².